The van der Waals surface area contributed by atoms with Gasteiger partial charge < -0.3 is 10.2 Å². The number of rotatable bonds is 5. The summed E-state index contributed by atoms with van der Waals surface area (Å²) in [6, 6.07) is 10.6. The maximum absolute atomic E-state index is 11.9. The van der Waals surface area contributed by atoms with Crippen molar-refractivity contribution >= 4 is 46.5 Å². The normalized spacial score (nSPS) is 10.6. The molecule has 0 unspecified atom stereocenters. The van der Waals surface area contributed by atoms with Gasteiger partial charge in [-0.3, -0.25) is 9.59 Å². The fourth-order valence-corrected chi connectivity index (χ4v) is 2.44. The minimum atomic E-state index is -0.261. The van der Waals surface area contributed by atoms with Gasteiger partial charge in [-0.1, -0.05) is 17.7 Å². The van der Waals surface area contributed by atoms with Crippen LogP contribution >= 0.6 is 22.9 Å². The number of thiophene rings is 1. The second-order valence-corrected chi connectivity index (χ2v) is 6.01. The molecule has 0 fully saturated rings. The quantitative estimate of drug-likeness (QED) is 0.851. The molecule has 0 aliphatic rings. The van der Waals surface area contributed by atoms with Gasteiger partial charge in [-0.25, -0.2) is 0 Å². The lowest BCUT2D eigenvalue weighted by Crippen LogP contribution is -2.33. The number of carbonyl (C=O) groups excluding carboxylic acids is 2. The van der Waals surface area contributed by atoms with Crippen LogP contribution in [0.2, 0.25) is 5.02 Å². The number of nitrogens with zero attached hydrogens (tertiary/aromatic N) is 1. The smallest absolute Gasteiger partial charge is 0.246 e. The van der Waals surface area contributed by atoms with E-state index in [-0.39, 0.29) is 18.4 Å². The van der Waals surface area contributed by atoms with E-state index in [1.54, 1.807) is 48.7 Å². The van der Waals surface area contributed by atoms with Crippen LogP contribution in [0.1, 0.15) is 4.88 Å². The van der Waals surface area contributed by atoms with Gasteiger partial charge in [0.15, 0.2) is 0 Å². The van der Waals surface area contributed by atoms with Crippen molar-refractivity contribution in [1.82, 2.24) is 4.90 Å². The van der Waals surface area contributed by atoms with Crippen molar-refractivity contribution in [3.8, 4) is 0 Å². The zero-order chi connectivity index (χ0) is 15.9. The summed E-state index contributed by atoms with van der Waals surface area (Å²) in [5.41, 5.74) is 0.643. The van der Waals surface area contributed by atoms with E-state index in [1.807, 2.05) is 17.5 Å². The highest BCUT2D eigenvalue weighted by atomic mass is 35.5. The summed E-state index contributed by atoms with van der Waals surface area (Å²) < 4.78 is 0. The van der Waals surface area contributed by atoms with Crippen LogP contribution in [-0.2, 0) is 9.59 Å². The van der Waals surface area contributed by atoms with Crippen molar-refractivity contribution in [1.29, 1.82) is 0 Å². The molecule has 0 bridgehead atoms. The number of halogens is 1. The molecule has 6 heteroatoms. The van der Waals surface area contributed by atoms with E-state index in [2.05, 4.69) is 5.32 Å². The van der Waals surface area contributed by atoms with Crippen LogP contribution in [-0.4, -0.2) is 30.3 Å². The Bertz CT molecular complexity index is 666. The largest absolute Gasteiger partial charge is 0.333 e. The summed E-state index contributed by atoms with van der Waals surface area (Å²) in [5.74, 6) is -0.484. The first-order chi connectivity index (χ1) is 10.5. The van der Waals surface area contributed by atoms with E-state index in [4.69, 9.17) is 11.6 Å². The Morgan fingerprint density at radius 1 is 1.27 bits per heavy atom. The summed E-state index contributed by atoms with van der Waals surface area (Å²) in [7, 11) is 1.59. The molecule has 0 spiro atoms. The maximum atomic E-state index is 11.9. The minimum Gasteiger partial charge on any atom is -0.333 e. The number of hydrogen-bond acceptors (Lipinski definition) is 3. The number of likely N-dealkylation sites (N-methyl/N-ethyl adjacent to an activating group) is 1. The highest BCUT2D eigenvalue weighted by molar-refractivity contribution is 7.10. The van der Waals surface area contributed by atoms with Crippen molar-refractivity contribution in [3.63, 3.8) is 0 Å². The Kier molecular flexibility index (Phi) is 5.75. The molecule has 1 aromatic carbocycles. The van der Waals surface area contributed by atoms with Crippen molar-refractivity contribution in [2.75, 3.05) is 18.9 Å². The van der Waals surface area contributed by atoms with Crippen molar-refractivity contribution in [2.24, 2.45) is 0 Å². The molecule has 114 valence electrons. The zero-order valence-corrected chi connectivity index (χ0v) is 13.5. The second-order valence-electron chi connectivity index (χ2n) is 4.60. The maximum Gasteiger partial charge on any atom is 0.246 e. The Labute approximate surface area is 138 Å². The summed E-state index contributed by atoms with van der Waals surface area (Å²) in [6.07, 6.45) is 3.20. The molecular formula is C16H15ClN2O2S. The fraction of sp³-hybridized carbons (Fsp3) is 0.125. The number of carbonyl (C=O) groups is 2. The first-order valence-electron chi connectivity index (χ1n) is 6.57. The van der Waals surface area contributed by atoms with Gasteiger partial charge in [0.2, 0.25) is 11.8 Å². The third kappa shape index (κ3) is 5.02. The molecule has 2 aromatic rings. The highest BCUT2D eigenvalue weighted by Crippen LogP contribution is 2.13. The number of amides is 2. The van der Waals surface area contributed by atoms with Crippen LogP contribution in [0.25, 0.3) is 6.08 Å². The molecule has 1 heterocycles. The number of anilines is 1. The fourth-order valence-electron chi connectivity index (χ4n) is 1.69. The monoisotopic (exact) mass is 334 g/mol. The van der Waals surface area contributed by atoms with Crippen molar-refractivity contribution < 1.29 is 9.59 Å². The van der Waals surface area contributed by atoms with Crippen molar-refractivity contribution in [3.05, 3.63) is 57.8 Å². The average molecular weight is 335 g/mol. The Morgan fingerprint density at radius 3 is 2.64 bits per heavy atom. The zero-order valence-electron chi connectivity index (χ0n) is 12.0. The minimum absolute atomic E-state index is 0.0176. The van der Waals surface area contributed by atoms with Crippen LogP contribution in [0.3, 0.4) is 0 Å². The van der Waals surface area contributed by atoms with Gasteiger partial charge in [0.1, 0.15) is 0 Å². The van der Waals surface area contributed by atoms with Gasteiger partial charge in [-0.05, 0) is 41.8 Å². The van der Waals surface area contributed by atoms with E-state index < -0.39 is 0 Å². The third-order valence-corrected chi connectivity index (χ3v) is 3.91. The van der Waals surface area contributed by atoms with E-state index in [0.29, 0.717) is 10.7 Å². The van der Waals surface area contributed by atoms with Gasteiger partial charge in [0.05, 0.1) is 6.54 Å². The Hall–Kier alpha value is -2.11. The molecule has 2 rings (SSSR count). The van der Waals surface area contributed by atoms with Gasteiger partial charge in [-0.15, -0.1) is 11.3 Å². The van der Waals surface area contributed by atoms with Gasteiger partial charge >= 0.3 is 0 Å². The lowest BCUT2D eigenvalue weighted by atomic mass is 10.3. The first-order valence-corrected chi connectivity index (χ1v) is 7.82. The van der Waals surface area contributed by atoms with Crippen LogP contribution in [0.4, 0.5) is 5.69 Å². The number of hydrogen-bond donors (Lipinski definition) is 1. The summed E-state index contributed by atoms with van der Waals surface area (Å²) in [5, 5.41) is 5.25. The van der Waals surface area contributed by atoms with Crippen LogP contribution in [0.5, 0.6) is 0 Å². The van der Waals surface area contributed by atoms with E-state index in [1.165, 1.54) is 11.0 Å². The molecule has 22 heavy (non-hydrogen) atoms. The van der Waals surface area contributed by atoms with Gasteiger partial charge in [-0.2, -0.15) is 0 Å². The van der Waals surface area contributed by atoms with Crippen LogP contribution < -0.4 is 5.32 Å². The molecule has 0 radical (unpaired) electrons. The predicted molar refractivity (Wildman–Crippen MR) is 91.1 cm³/mol. The first kappa shape index (κ1) is 16.3. The molecule has 0 aliphatic heterocycles. The topological polar surface area (TPSA) is 49.4 Å². The molecule has 0 saturated heterocycles. The number of benzene rings is 1. The molecule has 0 atom stereocenters. The SMILES string of the molecule is CN(CC(=O)Nc1ccc(Cl)cc1)C(=O)/C=C/c1cccs1. The molecule has 1 aromatic heterocycles. The Morgan fingerprint density at radius 2 is 2.00 bits per heavy atom. The molecule has 2 amide bonds. The average Bonchev–Trinajstić information content (AvgIpc) is 3.00. The second kappa shape index (κ2) is 7.77. The van der Waals surface area contributed by atoms with Crippen LogP contribution in [0, 0.1) is 0 Å². The summed E-state index contributed by atoms with van der Waals surface area (Å²) >= 11 is 7.32. The predicted octanol–water partition coefficient (Wildman–Crippen LogP) is 3.51. The Balaban J connectivity index is 1.85. The lowest BCUT2D eigenvalue weighted by molar-refractivity contribution is -0.129. The molecule has 0 aliphatic carbocycles. The van der Waals surface area contributed by atoms with Crippen LogP contribution in [0.15, 0.2) is 47.9 Å². The standard InChI is InChI=1S/C16H15ClN2O2S/c1-19(16(21)9-8-14-3-2-10-22-14)11-15(20)18-13-6-4-12(17)5-7-13/h2-10H,11H2,1H3,(H,18,20)/b9-8+. The van der Waals surface area contributed by atoms with Gasteiger partial charge in [0, 0.05) is 28.7 Å². The lowest BCUT2D eigenvalue weighted by Gasteiger charge is -2.14. The molecule has 0 saturated carbocycles. The molecule has 1 N–H and O–H groups in total. The van der Waals surface area contributed by atoms with E-state index in [9.17, 15) is 9.59 Å². The number of nitrogens with one attached hydrogen (secondary N) is 1. The summed E-state index contributed by atoms with van der Waals surface area (Å²) in [6.45, 7) is -0.0176. The molecular weight excluding hydrogens is 320 g/mol. The molecule has 4 nitrogen and oxygen atoms in total. The van der Waals surface area contributed by atoms with Gasteiger partial charge in [0.25, 0.3) is 0 Å². The van der Waals surface area contributed by atoms with E-state index >= 15 is 0 Å². The van der Waals surface area contributed by atoms with Crippen molar-refractivity contribution in [2.45, 2.75) is 0 Å². The third-order valence-electron chi connectivity index (χ3n) is 2.82. The highest BCUT2D eigenvalue weighted by Gasteiger charge is 2.10. The summed E-state index contributed by atoms with van der Waals surface area (Å²) in [4.78, 5) is 26.2. The van der Waals surface area contributed by atoms with E-state index in [0.717, 1.165) is 4.88 Å².